The Morgan fingerprint density at radius 1 is 1.28 bits per heavy atom. The Morgan fingerprint density at radius 3 is 2.76 bits per heavy atom. The summed E-state index contributed by atoms with van der Waals surface area (Å²) in [6.45, 7) is 2.78. The highest BCUT2D eigenvalue weighted by molar-refractivity contribution is 6.05. The number of nitrogens with one attached hydrogen (secondary N) is 1. The van der Waals surface area contributed by atoms with E-state index in [1.165, 1.54) is 0 Å². The van der Waals surface area contributed by atoms with Crippen molar-refractivity contribution in [2.24, 2.45) is 5.92 Å². The van der Waals surface area contributed by atoms with Crippen LogP contribution in [0, 0.1) is 5.92 Å². The zero-order valence-electron chi connectivity index (χ0n) is 15.8. The molecule has 2 aromatic carbocycles. The van der Waals surface area contributed by atoms with Crippen molar-refractivity contribution in [3.05, 3.63) is 36.4 Å². The van der Waals surface area contributed by atoms with Gasteiger partial charge in [-0.1, -0.05) is 12.1 Å². The minimum Gasteiger partial charge on any atom is -0.492 e. The van der Waals surface area contributed by atoms with Crippen LogP contribution in [-0.2, 0) is 9.59 Å². The van der Waals surface area contributed by atoms with E-state index in [0.29, 0.717) is 40.9 Å². The Labute approximate surface area is 174 Å². The summed E-state index contributed by atoms with van der Waals surface area (Å²) in [5, 5.41) is 2.80. The lowest BCUT2D eigenvalue weighted by molar-refractivity contribution is -0.122. The maximum atomic E-state index is 12.8. The van der Waals surface area contributed by atoms with Crippen LogP contribution in [0.1, 0.15) is 13.3 Å². The van der Waals surface area contributed by atoms with Crippen molar-refractivity contribution < 1.29 is 23.8 Å². The third kappa shape index (κ3) is 4.02. The van der Waals surface area contributed by atoms with E-state index in [1.54, 1.807) is 17.0 Å². The first-order valence-electron chi connectivity index (χ1n) is 9.09. The molecule has 2 amide bonds. The summed E-state index contributed by atoms with van der Waals surface area (Å²) < 4.78 is 16.2. The number of anilines is 3. The van der Waals surface area contributed by atoms with Gasteiger partial charge < -0.3 is 30.2 Å². The third-order valence-corrected chi connectivity index (χ3v) is 4.75. The second kappa shape index (κ2) is 8.48. The monoisotopic (exact) mass is 419 g/mol. The number of carbonyl (C=O) groups excluding carboxylic acids is 2. The molecule has 9 heteroatoms. The highest BCUT2D eigenvalue weighted by Crippen LogP contribution is 2.39. The zero-order valence-corrected chi connectivity index (χ0v) is 16.7. The van der Waals surface area contributed by atoms with Gasteiger partial charge in [0, 0.05) is 25.1 Å². The highest BCUT2D eigenvalue weighted by Gasteiger charge is 2.36. The number of benzene rings is 2. The van der Waals surface area contributed by atoms with Crippen molar-refractivity contribution >= 4 is 41.3 Å². The van der Waals surface area contributed by atoms with Crippen LogP contribution in [-0.4, -0.2) is 31.8 Å². The van der Waals surface area contributed by atoms with E-state index in [0.717, 1.165) is 0 Å². The minimum absolute atomic E-state index is 0. The third-order valence-electron chi connectivity index (χ3n) is 4.75. The van der Waals surface area contributed by atoms with Crippen molar-refractivity contribution in [3.63, 3.8) is 0 Å². The maximum absolute atomic E-state index is 12.8. The van der Waals surface area contributed by atoms with E-state index in [-0.39, 0.29) is 44.0 Å². The number of nitrogens with zero attached hydrogens (tertiary/aromatic N) is 1. The SMILES string of the molecule is CCOc1ccccc1N1CC(C(=O)Nc2cc3c(cc2N)OCO3)CC1=O.Cl. The summed E-state index contributed by atoms with van der Waals surface area (Å²) in [7, 11) is 0. The lowest BCUT2D eigenvalue weighted by Crippen LogP contribution is -2.28. The van der Waals surface area contributed by atoms with Crippen LogP contribution in [0.5, 0.6) is 17.2 Å². The first-order valence-corrected chi connectivity index (χ1v) is 9.09. The molecule has 2 heterocycles. The summed E-state index contributed by atoms with van der Waals surface area (Å²) in [5.74, 6) is 0.817. The largest absolute Gasteiger partial charge is 0.492 e. The van der Waals surface area contributed by atoms with Gasteiger partial charge in [-0.05, 0) is 19.1 Å². The number of ether oxygens (including phenoxy) is 3. The van der Waals surface area contributed by atoms with Gasteiger partial charge in [-0.15, -0.1) is 12.4 Å². The number of rotatable bonds is 5. The molecule has 4 rings (SSSR count). The number of fused-ring (bicyclic) bond motifs is 1. The van der Waals surface area contributed by atoms with Gasteiger partial charge in [-0.25, -0.2) is 0 Å². The summed E-state index contributed by atoms with van der Waals surface area (Å²) in [6.07, 6.45) is 0.122. The Balaban J connectivity index is 0.00000240. The first-order chi connectivity index (χ1) is 13.6. The van der Waals surface area contributed by atoms with Crippen LogP contribution < -0.4 is 30.2 Å². The topological polar surface area (TPSA) is 103 Å². The van der Waals surface area contributed by atoms with Crippen LogP contribution in [0.15, 0.2) is 36.4 Å². The number of halogens is 1. The number of nitrogens with two attached hydrogens (primary N) is 1. The van der Waals surface area contributed by atoms with Crippen molar-refractivity contribution in [1.82, 2.24) is 0 Å². The minimum atomic E-state index is -0.494. The molecule has 2 aliphatic rings. The Bertz CT molecular complexity index is 936. The molecule has 3 N–H and O–H groups in total. The fourth-order valence-corrected chi connectivity index (χ4v) is 3.37. The molecule has 1 unspecified atom stereocenters. The molecule has 0 spiro atoms. The van der Waals surface area contributed by atoms with Gasteiger partial charge in [0.15, 0.2) is 11.5 Å². The Hall–Kier alpha value is -3.13. The van der Waals surface area contributed by atoms with Crippen molar-refractivity contribution in [1.29, 1.82) is 0 Å². The van der Waals surface area contributed by atoms with E-state index in [1.807, 2.05) is 31.2 Å². The van der Waals surface area contributed by atoms with Crippen LogP contribution in [0.25, 0.3) is 0 Å². The average molecular weight is 420 g/mol. The first kappa shape index (κ1) is 20.6. The van der Waals surface area contributed by atoms with Crippen LogP contribution in [0.3, 0.4) is 0 Å². The van der Waals surface area contributed by atoms with Crippen LogP contribution in [0.2, 0.25) is 0 Å². The molecule has 2 aliphatic heterocycles. The lowest BCUT2D eigenvalue weighted by atomic mass is 10.1. The summed E-state index contributed by atoms with van der Waals surface area (Å²) in [5.41, 5.74) is 7.48. The molecule has 0 aromatic heterocycles. The molecule has 0 saturated carbocycles. The van der Waals surface area contributed by atoms with Crippen molar-refractivity contribution in [2.75, 3.05) is 35.9 Å². The van der Waals surface area contributed by atoms with E-state index >= 15 is 0 Å². The van der Waals surface area contributed by atoms with Crippen molar-refractivity contribution in [2.45, 2.75) is 13.3 Å². The number of hydrogen-bond acceptors (Lipinski definition) is 6. The van der Waals surface area contributed by atoms with Gasteiger partial charge in [-0.3, -0.25) is 9.59 Å². The van der Waals surface area contributed by atoms with Crippen LogP contribution >= 0.6 is 12.4 Å². The maximum Gasteiger partial charge on any atom is 0.231 e. The van der Waals surface area contributed by atoms with E-state index in [2.05, 4.69) is 5.32 Å². The van der Waals surface area contributed by atoms with Crippen LogP contribution in [0.4, 0.5) is 17.1 Å². The number of nitrogen functional groups attached to an aromatic ring is 1. The second-order valence-electron chi connectivity index (χ2n) is 6.59. The normalized spacial score (nSPS) is 17.1. The zero-order chi connectivity index (χ0) is 19.7. The summed E-state index contributed by atoms with van der Waals surface area (Å²) in [6, 6.07) is 10.6. The molecular weight excluding hydrogens is 398 g/mol. The van der Waals surface area contributed by atoms with E-state index < -0.39 is 5.92 Å². The van der Waals surface area contributed by atoms with Gasteiger partial charge in [0.25, 0.3) is 0 Å². The van der Waals surface area contributed by atoms with Gasteiger partial charge in [0.2, 0.25) is 18.6 Å². The smallest absolute Gasteiger partial charge is 0.231 e. The molecule has 1 atom stereocenters. The average Bonchev–Trinajstić information content (AvgIpc) is 3.29. The summed E-state index contributed by atoms with van der Waals surface area (Å²) >= 11 is 0. The molecule has 2 aromatic rings. The fourth-order valence-electron chi connectivity index (χ4n) is 3.37. The predicted molar refractivity (Wildman–Crippen MR) is 111 cm³/mol. The molecule has 0 bridgehead atoms. The fraction of sp³-hybridized carbons (Fsp3) is 0.300. The number of carbonyl (C=O) groups is 2. The molecule has 29 heavy (non-hydrogen) atoms. The number of amides is 2. The molecule has 1 fully saturated rings. The van der Waals surface area contributed by atoms with Crippen molar-refractivity contribution in [3.8, 4) is 17.2 Å². The highest BCUT2D eigenvalue weighted by atomic mass is 35.5. The molecule has 1 saturated heterocycles. The standard InChI is InChI=1S/C20H21N3O5.ClH/c1-2-26-16-6-4-3-5-15(16)23-10-12(7-19(23)24)20(25)22-14-9-18-17(8-13(14)21)27-11-28-18;/h3-6,8-9,12H,2,7,10-11,21H2,1H3,(H,22,25);1H. The second-order valence-corrected chi connectivity index (χ2v) is 6.59. The molecule has 0 radical (unpaired) electrons. The molecule has 154 valence electrons. The van der Waals surface area contributed by atoms with Gasteiger partial charge in [-0.2, -0.15) is 0 Å². The quantitative estimate of drug-likeness (QED) is 0.722. The Kier molecular flexibility index (Phi) is 6.03. The van der Waals surface area contributed by atoms with Gasteiger partial charge in [0.05, 0.1) is 29.6 Å². The predicted octanol–water partition coefficient (Wildman–Crippen LogP) is 2.81. The number of para-hydroxylation sites is 2. The molecule has 8 nitrogen and oxygen atoms in total. The molecular formula is C20H22ClN3O5. The van der Waals surface area contributed by atoms with E-state index in [9.17, 15) is 9.59 Å². The van der Waals surface area contributed by atoms with Gasteiger partial charge >= 0.3 is 0 Å². The Morgan fingerprint density at radius 2 is 2.00 bits per heavy atom. The number of hydrogen-bond donors (Lipinski definition) is 2. The molecule has 0 aliphatic carbocycles. The van der Waals surface area contributed by atoms with E-state index in [4.69, 9.17) is 19.9 Å². The summed E-state index contributed by atoms with van der Waals surface area (Å²) in [4.78, 5) is 26.9. The van der Waals surface area contributed by atoms with Gasteiger partial charge in [0.1, 0.15) is 5.75 Å². The lowest BCUT2D eigenvalue weighted by Gasteiger charge is -2.20.